The summed E-state index contributed by atoms with van der Waals surface area (Å²) in [6.07, 6.45) is 5.75. The zero-order valence-corrected chi connectivity index (χ0v) is 38.3. The van der Waals surface area contributed by atoms with Gasteiger partial charge in [-0.1, -0.05) is 195 Å². The molecule has 0 N–H and O–H groups in total. The summed E-state index contributed by atoms with van der Waals surface area (Å²) in [5.41, 5.74) is 15.2. The van der Waals surface area contributed by atoms with Gasteiger partial charge in [0, 0.05) is 51.7 Å². The first-order valence-corrected chi connectivity index (χ1v) is 24.3. The van der Waals surface area contributed by atoms with Gasteiger partial charge in [-0.15, -0.1) is 22.7 Å². The van der Waals surface area contributed by atoms with Crippen LogP contribution in [0.2, 0.25) is 0 Å². The van der Waals surface area contributed by atoms with Crippen LogP contribution in [0, 0.1) is 0 Å². The van der Waals surface area contributed by atoms with Gasteiger partial charge in [-0.05, 0) is 121 Å². The number of anilines is 3. The SMILES string of the molecule is C=C/C=C(\C=C)c1ccc2c(c1)sc1cc(N(c3ccc(-c4cc5ccccc5cc4-c4ccccc4)cc3)c3ccc(-c4ccccc4)c4sc5cc(-c6ccccc6)ccc5c34)ccc12. The maximum atomic E-state index is 4.08. The van der Waals surface area contributed by atoms with Crippen LogP contribution in [-0.2, 0) is 0 Å². The maximum Gasteiger partial charge on any atom is 0.0555 e. The van der Waals surface area contributed by atoms with Crippen LogP contribution >= 0.6 is 22.7 Å². The van der Waals surface area contributed by atoms with Gasteiger partial charge in [0.2, 0.25) is 0 Å². The predicted molar refractivity (Wildman–Crippen MR) is 295 cm³/mol. The van der Waals surface area contributed by atoms with E-state index in [4.69, 9.17) is 0 Å². The molecule has 0 spiro atoms. The number of allylic oxidation sites excluding steroid dienone is 4. The van der Waals surface area contributed by atoms with Gasteiger partial charge in [-0.3, -0.25) is 0 Å². The summed E-state index contributed by atoms with van der Waals surface area (Å²) in [7, 11) is 0. The third-order valence-corrected chi connectivity index (χ3v) is 15.3. The van der Waals surface area contributed by atoms with Crippen LogP contribution in [0.25, 0.3) is 101 Å². The van der Waals surface area contributed by atoms with Crippen molar-refractivity contribution in [3.05, 3.63) is 255 Å². The molecule has 0 saturated carbocycles. The topological polar surface area (TPSA) is 3.24 Å². The monoisotopic (exact) mass is 889 g/mol. The highest BCUT2D eigenvalue weighted by Crippen LogP contribution is 2.50. The van der Waals surface area contributed by atoms with Crippen molar-refractivity contribution < 1.29 is 0 Å². The molecule has 0 aliphatic rings. The Morgan fingerprint density at radius 2 is 0.940 bits per heavy atom. The van der Waals surface area contributed by atoms with Crippen molar-refractivity contribution in [2.24, 2.45) is 0 Å². The molecule has 3 heteroatoms. The Bertz CT molecular complexity index is 3880. The summed E-state index contributed by atoms with van der Waals surface area (Å²) < 4.78 is 5.02. The minimum Gasteiger partial charge on any atom is -0.310 e. The quantitative estimate of drug-likeness (QED) is 0.124. The van der Waals surface area contributed by atoms with Crippen molar-refractivity contribution in [1.29, 1.82) is 0 Å². The zero-order chi connectivity index (χ0) is 44.8. The molecule has 0 fully saturated rings. The Balaban J connectivity index is 1.08. The van der Waals surface area contributed by atoms with Crippen molar-refractivity contribution in [3.63, 3.8) is 0 Å². The second-order valence-corrected chi connectivity index (χ2v) is 19.1. The molecule has 0 unspecified atom stereocenters. The Morgan fingerprint density at radius 3 is 1.60 bits per heavy atom. The highest BCUT2D eigenvalue weighted by molar-refractivity contribution is 7.26. The molecule has 12 rings (SSSR count). The molecule has 0 bridgehead atoms. The molecular weight excluding hydrogens is 847 g/mol. The molecule has 12 aromatic rings. The van der Waals surface area contributed by atoms with Crippen LogP contribution in [0.3, 0.4) is 0 Å². The van der Waals surface area contributed by atoms with Crippen LogP contribution in [0.1, 0.15) is 5.56 Å². The third-order valence-electron chi connectivity index (χ3n) is 13.0. The van der Waals surface area contributed by atoms with Gasteiger partial charge >= 0.3 is 0 Å². The average Bonchev–Trinajstić information content (AvgIpc) is 3.96. The highest BCUT2D eigenvalue weighted by atomic mass is 32.1. The standard InChI is InChI=1S/C64H43NS2/c1-3-16-42(4-2)49-27-32-54-55-34-31-52(41-62(55)66-60(54)39-49)65(51-29-25-46(26-30-51)58-38-48-24-15-14-23-47(48)37-57(58)45-21-12-7-13-22-45)59-36-35-53(44-19-10-6-11-20-44)64-63(59)56-33-28-50(40-61(56)67-64)43-17-8-5-9-18-43/h3-41H,1-2H2/b42-16+. The highest BCUT2D eigenvalue weighted by Gasteiger charge is 2.23. The van der Waals surface area contributed by atoms with Crippen LogP contribution in [-0.4, -0.2) is 0 Å². The number of hydrogen-bond donors (Lipinski definition) is 0. The zero-order valence-electron chi connectivity index (χ0n) is 36.7. The first-order valence-electron chi connectivity index (χ1n) is 22.6. The summed E-state index contributed by atoms with van der Waals surface area (Å²) in [6.45, 7) is 8.02. The fourth-order valence-corrected chi connectivity index (χ4v) is 12.2. The molecule has 0 aliphatic heterocycles. The van der Waals surface area contributed by atoms with E-state index >= 15 is 0 Å². The van der Waals surface area contributed by atoms with E-state index in [9.17, 15) is 0 Å². The van der Waals surface area contributed by atoms with Crippen molar-refractivity contribution in [2.75, 3.05) is 4.90 Å². The van der Waals surface area contributed by atoms with E-state index < -0.39 is 0 Å². The minimum atomic E-state index is 1.06. The molecule has 316 valence electrons. The molecule has 10 aromatic carbocycles. The lowest BCUT2D eigenvalue weighted by Crippen LogP contribution is -2.10. The van der Waals surface area contributed by atoms with E-state index in [1.807, 2.05) is 40.9 Å². The first-order chi connectivity index (χ1) is 33.1. The summed E-state index contributed by atoms with van der Waals surface area (Å²) in [4.78, 5) is 2.48. The lowest BCUT2D eigenvalue weighted by Gasteiger charge is -2.27. The number of nitrogens with zero attached hydrogens (tertiary/aromatic N) is 1. The molecule has 2 aromatic heterocycles. The molecule has 0 radical (unpaired) electrons. The largest absolute Gasteiger partial charge is 0.310 e. The van der Waals surface area contributed by atoms with Crippen molar-refractivity contribution in [1.82, 2.24) is 0 Å². The second kappa shape index (κ2) is 17.0. The predicted octanol–water partition coefficient (Wildman–Crippen LogP) is 19.5. The molecule has 0 aliphatic carbocycles. The van der Waals surface area contributed by atoms with E-state index in [0.29, 0.717) is 0 Å². The lowest BCUT2D eigenvalue weighted by molar-refractivity contribution is 1.31. The van der Waals surface area contributed by atoms with E-state index in [0.717, 1.165) is 28.2 Å². The van der Waals surface area contributed by atoms with Crippen molar-refractivity contribution >= 4 is 96.4 Å². The fraction of sp³-hybridized carbons (Fsp3) is 0. The summed E-state index contributed by atoms with van der Waals surface area (Å²) in [5.74, 6) is 0. The van der Waals surface area contributed by atoms with E-state index in [2.05, 4.69) is 236 Å². The Kier molecular flexibility index (Phi) is 10.3. The van der Waals surface area contributed by atoms with E-state index in [1.54, 1.807) is 0 Å². The summed E-state index contributed by atoms with van der Waals surface area (Å²) in [5, 5.41) is 7.46. The fourth-order valence-electron chi connectivity index (χ4n) is 9.75. The van der Waals surface area contributed by atoms with Crippen LogP contribution in [0.5, 0.6) is 0 Å². The lowest BCUT2D eigenvalue weighted by atomic mass is 9.91. The number of benzene rings is 10. The summed E-state index contributed by atoms with van der Waals surface area (Å²) >= 11 is 3.73. The van der Waals surface area contributed by atoms with Gasteiger partial charge in [-0.25, -0.2) is 0 Å². The van der Waals surface area contributed by atoms with E-state index in [-0.39, 0.29) is 0 Å². The van der Waals surface area contributed by atoms with E-state index in [1.165, 1.54) is 95.6 Å². The molecule has 1 nitrogen and oxygen atoms in total. The Labute approximate surface area is 398 Å². The van der Waals surface area contributed by atoms with Gasteiger partial charge < -0.3 is 4.90 Å². The smallest absolute Gasteiger partial charge is 0.0555 e. The van der Waals surface area contributed by atoms with Gasteiger partial charge in [0.05, 0.1) is 5.69 Å². The Morgan fingerprint density at radius 1 is 0.403 bits per heavy atom. The minimum absolute atomic E-state index is 1.06. The number of fused-ring (bicyclic) bond motifs is 7. The first kappa shape index (κ1) is 40.4. The van der Waals surface area contributed by atoms with Crippen LogP contribution < -0.4 is 4.90 Å². The van der Waals surface area contributed by atoms with Crippen LogP contribution in [0.4, 0.5) is 17.1 Å². The third kappa shape index (κ3) is 7.26. The molecule has 67 heavy (non-hydrogen) atoms. The van der Waals surface area contributed by atoms with Gasteiger partial charge in [0.15, 0.2) is 0 Å². The van der Waals surface area contributed by atoms with Gasteiger partial charge in [-0.2, -0.15) is 0 Å². The molecular formula is C64H43NS2. The summed E-state index contributed by atoms with van der Waals surface area (Å²) in [6, 6.07) is 80.3. The van der Waals surface area contributed by atoms with Gasteiger partial charge in [0.1, 0.15) is 0 Å². The number of hydrogen-bond acceptors (Lipinski definition) is 3. The van der Waals surface area contributed by atoms with Gasteiger partial charge in [0.25, 0.3) is 0 Å². The number of thiophene rings is 2. The molecule has 0 amide bonds. The molecule has 2 heterocycles. The maximum absolute atomic E-state index is 4.08. The number of rotatable bonds is 10. The Hall–Kier alpha value is -8.08. The molecule has 0 saturated heterocycles. The molecule has 0 atom stereocenters. The average molecular weight is 890 g/mol. The van der Waals surface area contributed by atoms with Crippen LogP contribution in [0.15, 0.2) is 250 Å². The normalized spacial score (nSPS) is 11.8. The van der Waals surface area contributed by atoms with Crippen molar-refractivity contribution in [3.8, 4) is 44.5 Å². The second-order valence-electron chi connectivity index (χ2n) is 16.9. The van der Waals surface area contributed by atoms with Crippen molar-refractivity contribution in [2.45, 2.75) is 0 Å².